The molecule has 0 N–H and O–H groups in total. The van der Waals surface area contributed by atoms with Crippen molar-refractivity contribution in [3.63, 3.8) is 0 Å². The van der Waals surface area contributed by atoms with Gasteiger partial charge in [-0.15, -0.1) is 5.06 Å². The summed E-state index contributed by atoms with van der Waals surface area (Å²) in [6.45, 7) is 4.61. The number of hydrogen-bond donors (Lipinski definition) is 0. The number of pyridine rings is 1. The second-order valence-electron chi connectivity index (χ2n) is 6.01. The van der Waals surface area contributed by atoms with Gasteiger partial charge in [-0.05, 0) is 51.2 Å². The summed E-state index contributed by atoms with van der Waals surface area (Å²) in [5.74, 6) is 0.898. The van der Waals surface area contributed by atoms with E-state index in [9.17, 15) is 0 Å². The van der Waals surface area contributed by atoms with Crippen molar-refractivity contribution >= 4 is 0 Å². The molecule has 1 aromatic heterocycles. The van der Waals surface area contributed by atoms with Gasteiger partial charge in [-0.3, -0.25) is 4.98 Å². The van der Waals surface area contributed by atoms with Crippen LogP contribution in [-0.4, -0.2) is 48.2 Å². The van der Waals surface area contributed by atoms with Gasteiger partial charge >= 0.3 is 0 Å². The molecule has 2 aliphatic heterocycles. The van der Waals surface area contributed by atoms with Gasteiger partial charge in [0.15, 0.2) is 5.75 Å². The van der Waals surface area contributed by atoms with E-state index >= 15 is 0 Å². The van der Waals surface area contributed by atoms with E-state index < -0.39 is 0 Å². The van der Waals surface area contributed by atoms with Crippen LogP contribution >= 0.6 is 0 Å². The third kappa shape index (κ3) is 3.07. The van der Waals surface area contributed by atoms with E-state index in [1.165, 1.54) is 38.8 Å². The Bertz CT molecular complexity index is 391. The van der Waals surface area contributed by atoms with Crippen molar-refractivity contribution < 1.29 is 4.84 Å². The zero-order valence-corrected chi connectivity index (χ0v) is 11.7. The highest BCUT2D eigenvalue weighted by molar-refractivity contribution is 5.16. The normalized spacial score (nSPS) is 24.5. The number of likely N-dealkylation sites (tertiary alicyclic amines) is 1. The first kappa shape index (κ1) is 12.9. The lowest BCUT2D eigenvalue weighted by atomic mass is 9.71. The molecule has 2 fully saturated rings. The fourth-order valence-electron chi connectivity index (χ4n) is 3.19. The van der Waals surface area contributed by atoms with Gasteiger partial charge in [0.2, 0.25) is 0 Å². The summed E-state index contributed by atoms with van der Waals surface area (Å²) in [6, 6.07) is 3.83. The first-order valence-corrected chi connectivity index (χ1v) is 7.27. The van der Waals surface area contributed by atoms with Crippen LogP contribution in [0, 0.1) is 5.41 Å². The molecule has 1 aromatic rings. The van der Waals surface area contributed by atoms with Crippen molar-refractivity contribution in [3.05, 3.63) is 24.5 Å². The number of piperidine rings is 2. The predicted octanol–water partition coefficient (Wildman–Crippen LogP) is 2.18. The Balaban J connectivity index is 1.52. The SMILES string of the molecule is CN1CCC2(CC1)CCN(Oc1ccncc1)CC2. The van der Waals surface area contributed by atoms with E-state index in [2.05, 4.69) is 22.0 Å². The molecule has 0 bridgehead atoms. The molecule has 0 aliphatic carbocycles. The topological polar surface area (TPSA) is 28.6 Å². The summed E-state index contributed by atoms with van der Waals surface area (Å²) < 4.78 is 0. The summed E-state index contributed by atoms with van der Waals surface area (Å²) in [6.07, 6.45) is 8.80. The molecule has 19 heavy (non-hydrogen) atoms. The molecule has 2 saturated heterocycles. The van der Waals surface area contributed by atoms with Gasteiger partial charge in [0.25, 0.3) is 0 Å². The maximum atomic E-state index is 5.89. The second kappa shape index (κ2) is 5.47. The summed E-state index contributed by atoms with van der Waals surface area (Å²) in [7, 11) is 2.23. The highest BCUT2D eigenvalue weighted by Crippen LogP contribution is 2.40. The van der Waals surface area contributed by atoms with Crippen LogP contribution < -0.4 is 4.84 Å². The van der Waals surface area contributed by atoms with Crippen LogP contribution in [0.4, 0.5) is 0 Å². The first-order chi connectivity index (χ1) is 9.26. The van der Waals surface area contributed by atoms with Crippen LogP contribution in [0.2, 0.25) is 0 Å². The highest BCUT2D eigenvalue weighted by atomic mass is 16.7. The lowest BCUT2D eigenvalue weighted by molar-refractivity contribution is -0.107. The van der Waals surface area contributed by atoms with E-state index in [-0.39, 0.29) is 0 Å². The van der Waals surface area contributed by atoms with Crippen molar-refractivity contribution in [3.8, 4) is 5.75 Å². The third-order valence-corrected chi connectivity index (χ3v) is 4.72. The Morgan fingerprint density at radius 2 is 1.58 bits per heavy atom. The molecule has 0 unspecified atom stereocenters. The largest absolute Gasteiger partial charge is 0.406 e. The second-order valence-corrected chi connectivity index (χ2v) is 6.01. The average molecular weight is 261 g/mol. The minimum Gasteiger partial charge on any atom is -0.406 e. The number of rotatable bonds is 2. The fraction of sp³-hybridized carbons (Fsp3) is 0.667. The minimum atomic E-state index is 0.588. The van der Waals surface area contributed by atoms with Gasteiger partial charge in [-0.2, -0.15) is 0 Å². The van der Waals surface area contributed by atoms with Gasteiger partial charge in [0.1, 0.15) is 0 Å². The van der Waals surface area contributed by atoms with Crippen LogP contribution in [0.15, 0.2) is 24.5 Å². The minimum absolute atomic E-state index is 0.588. The molecular weight excluding hydrogens is 238 g/mol. The number of hydroxylamine groups is 2. The van der Waals surface area contributed by atoms with E-state index in [0.717, 1.165) is 18.8 Å². The first-order valence-electron chi connectivity index (χ1n) is 7.27. The van der Waals surface area contributed by atoms with Crippen molar-refractivity contribution in [2.24, 2.45) is 5.41 Å². The van der Waals surface area contributed by atoms with Gasteiger partial charge in [-0.1, -0.05) is 0 Å². The summed E-state index contributed by atoms with van der Waals surface area (Å²) in [5, 5.41) is 2.11. The van der Waals surface area contributed by atoms with E-state index in [4.69, 9.17) is 4.84 Å². The Morgan fingerprint density at radius 1 is 1.00 bits per heavy atom. The van der Waals surface area contributed by atoms with Crippen LogP contribution in [0.25, 0.3) is 0 Å². The van der Waals surface area contributed by atoms with Gasteiger partial charge in [0, 0.05) is 37.6 Å². The highest BCUT2D eigenvalue weighted by Gasteiger charge is 2.37. The molecule has 4 heteroatoms. The quantitative estimate of drug-likeness (QED) is 0.816. The van der Waals surface area contributed by atoms with Crippen molar-refractivity contribution in [1.29, 1.82) is 0 Å². The van der Waals surface area contributed by atoms with Gasteiger partial charge in [0.05, 0.1) is 0 Å². The molecule has 0 aromatic carbocycles. The molecular formula is C15H23N3O. The molecule has 4 nitrogen and oxygen atoms in total. The number of aromatic nitrogens is 1. The maximum Gasteiger partial charge on any atom is 0.150 e. The standard InChI is InChI=1S/C15H23N3O/c1-17-10-4-15(5-11-17)6-12-18(13-7-15)19-14-2-8-16-9-3-14/h2-3,8-9H,4-7,10-13H2,1H3. The summed E-state index contributed by atoms with van der Waals surface area (Å²) >= 11 is 0. The van der Waals surface area contributed by atoms with Gasteiger partial charge in [-0.25, -0.2) is 0 Å². The molecule has 3 rings (SSSR count). The Hall–Kier alpha value is -1.13. The van der Waals surface area contributed by atoms with Crippen LogP contribution in [-0.2, 0) is 0 Å². The molecule has 1 spiro atoms. The summed E-state index contributed by atoms with van der Waals surface area (Å²) in [4.78, 5) is 12.4. The van der Waals surface area contributed by atoms with Crippen molar-refractivity contribution in [1.82, 2.24) is 14.9 Å². The van der Waals surface area contributed by atoms with Crippen LogP contribution in [0.1, 0.15) is 25.7 Å². The lowest BCUT2D eigenvalue weighted by Crippen LogP contribution is -2.46. The van der Waals surface area contributed by atoms with Crippen LogP contribution in [0.3, 0.4) is 0 Å². The molecule has 3 heterocycles. The molecule has 0 radical (unpaired) electrons. The molecule has 104 valence electrons. The zero-order chi connectivity index (χ0) is 13.1. The smallest absolute Gasteiger partial charge is 0.150 e. The van der Waals surface area contributed by atoms with Crippen molar-refractivity contribution in [2.75, 3.05) is 33.2 Å². The molecule has 0 atom stereocenters. The zero-order valence-electron chi connectivity index (χ0n) is 11.7. The molecule has 2 aliphatic rings. The number of nitrogens with zero attached hydrogens (tertiary/aromatic N) is 3. The van der Waals surface area contributed by atoms with E-state index in [1.54, 1.807) is 12.4 Å². The van der Waals surface area contributed by atoms with E-state index in [1.807, 2.05) is 12.1 Å². The maximum absolute atomic E-state index is 5.89. The monoisotopic (exact) mass is 261 g/mol. The molecule has 0 saturated carbocycles. The Labute approximate surface area is 115 Å². The van der Waals surface area contributed by atoms with Crippen LogP contribution in [0.5, 0.6) is 5.75 Å². The summed E-state index contributed by atoms with van der Waals surface area (Å²) in [5.41, 5.74) is 0.588. The number of hydrogen-bond acceptors (Lipinski definition) is 4. The molecule has 0 amide bonds. The van der Waals surface area contributed by atoms with Gasteiger partial charge < -0.3 is 9.74 Å². The lowest BCUT2D eigenvalue weighted by Gasteiger charge is -2.45. The Morgan fingerprint density at radius 3 is 2.21 bits per heavy atom. The van der Waals surface area contributed by atoms with E-state index in [0.29, 0.717) is 5.41 Å². The third-order valence-electron chi connectivity index (χ3n) is 4.72. The predicted molar refractivity (Wildman–Crippen MR) is 74.8 cm³/mol. The Kier molecular flexibility index (Phi) is 3.71. The average Bonchev–Trinajstić information content (AvgIpc) is 2.46. The van der Waals surface area contributed by atoms with Crippen molar-refractivity contribution in [2.45, 2.75) is 25.7 Å². The fourth-order valence-corrected chi connectivity index (χ4v) is 3.19.